The van der Waals surface area contributed by atoms with Crippen LogP contribution >= 0.6 is 0 Å². The number of hydrogen-bond donors (Lipinski definition) is 1. The molecule has 0 radical (unpaired) electrons. The van der Waals surface area contributed by atoms with Gasteiger partial charge in [-0.2, -0.15) is 0 Å². The summed E-state index contributed by atoms with van der Waals surface area (Å²) in [4.78, 5) is 14.2. The molecule has 0 saturated carbocycles. The normalized spacial score (nSPS) is 30.5. The van der Waals surface area contributed by atoms with Crippen molar-refractivity contribution in [1.29, 1.82) is 0 Å². The monoisotopic (exact) mass is 212 g/mol. The summed E-state index contributed by atoms with van der Waals surface area (Å²) in [7, 11) is 0. The third kappa shape index (κ3) is 2.16. The smallest absolute Gasteiger partial charge is 0.240 e. The third-order valence-electron chi connectivity index (χ3n) is 3.27. The molecular formula is C11H20N2O2. The van der Waals surface area contributed by atoms with Crippen LogP contribution in [0.1, 0.15) is 26.7 Å². The van der Waals surface area contributed by atoms with Crippen molar-refractivity contribution in [3.05, 3.63) is 0 Å². The van der Waals surface area contributed by atoms with Crippen molar-refractivity contribution < 1.29 is 9.53 Å². The molecule has 4 nitrogen and oxygen atoms in total. The molecule has 1 unspecified atom stereocenters. The van der Waals surface area contributed by atoms with Crippen LogP contribution in [0.15, 0.2) is 0 Å². The van der Waals surface area contributed by atoms with Crippen molar-refractivity contribution in [2.24, 2.45) is 0 Å². The van der Waals surface area contributed by atoms with Crippen LogP contribution in [0, 0.1) is 0 Å². The zero-order valence-corrected chi connectivity index (χ0v) is 9.58. The highest BCUT2D eigenvalue weighted by Gasteiger charge is 2.37. The molecule has 86 valence electrons. The van der Waals surface area contributed by atoms with Gasteiger partial charge < -0.3 is 15.0 Å². The second kappa shape index (κ2) is 4.10. The number of amides is 1. The molecule has 2 aliphatic heterocycles. The highest BCUT2D eigenvalue weighted by atomic mass is 16.5. The zero-order chi connectivity index (χ0) is 10.9. The number of ether oxygens (including phenoxy) is 1. The largest absolute Gasteiger partial charge is 0.377 e. The number of nitrogens with zero attached hydrogens (tertiary/aromatic N) is 1. The summed E-state index contributed by atoms with van der Waals surface area (Å²) < 4.78 is 5.41. The van der Waals surface area contributed by atoms with E-state index in [0.29, 0.717) is 13.2 Å². The molecule has 2 saturated heterocycles. The van der Waals surface area contributed by atoms with Gasteiger partial charge in [0, 0.05) is 6.54 Å². The molecule has 0 aromatic rings. The van der Waals surface area contributed by atoms with E-state index < -0.39 is 0 Å². The van der Waals surface area contributed by atoms with Crippen molar-refractivity contribution in [2.45, 2.75) is 38.3 Å². The first kappa shape index (κ1) is 10.9. The Morgan fingerprint density at radius 1 is 1.53 bits per heavy atom. The van der Waals surface area contributed by atoms with Crippen LogP contribution in [0.5, 0.6) is 0 Å². The van der Waals surface area contributed by atoms with E-state index in [9.17, 15) is 4.79 Å². The minimum atomic E-state index is -0.153. The summed E-state index contributed by atoms with van der Waals surface area (Å²) in [5.74, 6) is 0.251. The van der Waals surface area contributed by atoms with Gasteiger partial charge in [-0.15, -0.1) is 0 Å². The predicted octanol–water partition coefficient (Wildman–Crippen LogP) is 0.376. The summed E-state index contributed by atoms with van der Waals surface area (Å²) in [5, 5.41) is 3.26. The van der Waals surface area contributed by atoms with E-state index in [2.05, 4.69) is 19.2 Å². The fourth-order valence-electron chi connectivity index (χ4n) is 2.35. The topological polar surface area (TPSA) is 41.6 Å². The second-order valence-electron chi connectivity index (χ2n) is 5.00. The molecule has 1 N–H and O–H groups in total. The van der Waals surface area contributed by atoms with E-state index >= 15 is 0 Å². The molecule has 0 spiro atoms. The molecule has 0 aliphatic carbocycles. The van der Waals surface area contributed by atoms with Crippen LogP contribution < -0.4 is 5.32 Å². The maximum Gasteiger partial charge on any atom is 0.240 e. The van der Waals surface area contributed by atoms with Crippen LogP contribution in [0.4, 0.5) is 0 Å². The van der Waals surface area contributed by atoms with E-state index in [4.69, 9.17) is 4.74 Å². The SMILES string of the molecule is CC1(C)COCCN1C(=O)C1CCCN1. The Kier molecular flexibility index (Phi) is 2.98. The zero-order valence-electron chi connectivity index (χ0n) is 9.58. The Bertz CT molecular complexity index is 247. The highest BCUT2D eigenvalue weighted by Crippen LogP contribution is 2.21. The van der Waals surface area contributed by atoms with Crippen LogP contribution in [0.3, 0.4) is 0 Å². The first-order valence-electron chi connectivity index (χ1n) is 5.74. The lowest BCUT2D eigenvalue weighted by atomic mass is 10.0. The maximum atomic E-state index is 12.2. The Morgan fingerprint density at radius 3 is 2.93 bits per heavy atom. The average molecular weight is 212 g/mol. The molecule has 2 aliphatic rings. The summed E-state index contributed by atoms with van der Waals surface area (Å²) in [6.07, 6.45) is 2.09. The van der Waals surface area contributed by atoms with Crippen LogP contribution in [-0.4, -0.2) is 48.7 Å². The first-order chi connectivity index (χ1) is 7.11. The molecule has 1 amide bonds. The van der Waals surface area contributed by atoms with Crippen LogP contribution in [0.2, 0.25) is 0 Å². The van der Waals surface area contributed by atoms with Crippen LogP contribution in [-0.2, 0) is 9.53 Å². The average Bonchev–Trinajstić information content (AvgIpc) is 2.69. The molecule has 2 fully saturated rings. The summed E-state index contributed by atoms with van der Waals surface area (Å²) in [6.45, 7) is 7.15. The Hall–Kier alpha value is -0.610. The lowest BCUT2D eigenvalue weighted by molar-refractivity contribution is -0.148. The Balaban J connectivity index is 2.04. The highest BCUT2D eigenvalue weighted by molar-refractivity contribution is 5.83. The van der Waals surface area contributed by atoms with Crippen molar-refractivity contribution >= 4 is 5.91 Å². The third-order valence-corrected chi connectivity index (χ3v) is 3.27. The number of hydrogen-bond acceptors (Lipinski definition) is 3. The number of carbonyl (C=O) groups excluding carboxylic acids is 1. The number of rotatable bonds is 1. The van der Waals surface area contributed by atoms with Crippen molar-refractivity contribution in [2.75, 3.05) is 26.3 Å². The van der Waals surface area contributed by atoms with Gasteiger partial charge in [0.25, 0.3) is 0 Å². The lowest BCUT2D eigenvalue weighted by Gasteiger charge is -2.43. The molecule has 1 atom stereocenters. The van der Waals surface area contributed by atoms with Gasteiger partial charge in [-0.3, -0.25) is 4.79 Å². The molecule has 0 aromatic carbocycles. The van der Waals surface area contributed by atoms with Gasteiger partial charge in [-0.05, 0) is 33.2 Å². The van der Waals surface area contributed by atoms with E-state index in [0.717, 1.165) is 25.9 Å². The van der Waals surface area contributed by atoms with Crippen molar-refractivity contribution in [1.82, 2.24) is 10.2 Å². The van der Waals surface area contributed by atoms with Crippen molar-refractivity contribution in [3.8, 4) is 0 Å². The number of carbonyl (C=O) groups is 1. The summed E-state index contributed by atoms with van der Waals surface area (Å²) in [5.41, 5.74) is -0.153. The fraction of sp³-hybridized carbons (Fsp3) is 0.909. The minimum absolute atomic E-state index is 0.0439. The molecule has 15 heavy (non-hydrogen) atoms. The lowest BCUT2D eigenvalue weighted by Crippen LogP contribution is -2.59. The Labute approximate surface area is 91.0 Å². The standard InChI is InChI=1S/C11H20N2O2/c1-11(2)8-15-7-6-13(11)10(14)9-4-3-5-12-9/h9,12H,3-8H2,1-2H3. The van der Waals surface area contributed by atoms with Gasteiger partial charge >= 0.3 is 0 Å². The molecule has 4 heteroatoms. The first-order valence-corrected chi connectivity index (χ1v) is 5.74. The number of morpholine rings is 1. The maximum absolute atomic E-state index is 12.2. The van der Waals surface area contributed by atoms with E-state index in [1.165, 1.54) is 0 Å². The second-order valence-corrected chi connectivity index (χ2v) is 5.00. The van der Waals surface area contributed by atoms with Gasteiger partial charge in [0.1, 0.15) is 0 Å². The fourth-order valence-corrected chi connectivity index (χ4v) is 2.35. The molecule has 2 rings (SSSR count). The van der Waals surface area contributed by atoms with Crippen molar-refractivity contribution in [3.63, 3.8) is 0 Å². The Morgan fingerprint density at radius 2 is 2.33 bits per heavy atom. The van der Waals surface area contributed by atoms with Gasteiger partial charge in [-0.25, -0.2) is 0 Å². The van der Waals surface area contributed by atoms with Gasteiger partial charge in [0.2, 0.25) is 5.91 Å². The van der Waals surface area contributed by atoms with Gasteiger partial charge in [0.15, 0.2) is 0 Å². The molecule has 0 bridgehead atoms. The number of nitrogens with one attached hydrogen (secondary N) is 1. The van der Waals surface area contributed by atoms with E-state index in [1.54, 1.807) is 0 Å². The quantitative estimate of drug-likeness (QED) is 0.683. The summed E-state index contributed by atoms with van der Waals surface area (Å²) >= 11 is 0. The molecular weight excluding hydrogens is 192 g/mol. The van der Waals surface area contributed by atoms with Gasteiger partial charge in [-0.1, -0.05) is 0 Å². The molecule has 2 heterocycles. The van der Waals surface area contributed by atoms with E-state index in [1.807, 2.05) is 4.90 Å². The van der Waals surface area contributed by atoms with Crippen LogP contribution in [0.25, 0.3) is 0 Å². The van der Waals surface area contributed by atoms with E-state index in [-0.39, 0.29) is 17.5 Å². The predicted molar refractivity (Wildman–Crippen MR) is 57.6 cm³/mol. The minimum Gasteiger partial charge on any atom is -0.377 e. The summed E-state index contributed by atoms with van der Waals surface area (Å²) in [6, 6.07) is 0.0439. The molecule has 0 aromatic heterocycles. The van der Waals surface area contributed by atoms with Gasteiger partial charge in [0.05, 0.1) is 24.8 Å².